The molecule has 0 unspecified atom stereocenters. The van der Waals surface area contributed by atoms with Gasteiger partial charge in [0.25, 0.3) is 0 Å². The second-order valence-corrected chi connectivity index (χ2v) is 5.82. The van der Waals surface area contributed by atoms with Gasteiger partial charge in [-0.15, -0.1) is 0 Å². The van der Waals surface area contributed by atoms with Crippen molar-refractivity contribution in [2.45, 2.75) is 26.0 Å². The Morgan fingerprint density at radius 1 is 1.00 bits per heavy atom. The maximum Gasteiger partial charge on any atom is 0.323 e. The number of para-hydroxylation sites is 2. The summed E-state index contributed by atoms with van der Waals surface area (Å²) in [7, 11) is 0. The minimum Gasteiger partial charge on any atom is -0.486 e. The molecular weight excluding hydrogens is 336 g/mol. The van der Waals surface area contributed by atoms with Crippen molar-refractivity contribution in [3.63, 3.8) is 0 Å². The molecule has 2 aromatic carbocycles. The maximum atomic E-state index is 11.2. The molecule has 7 heteroatoms. The van der Waals surface area contributed by atoms with E-state index < -0.39 is 11.9 Å². The highest BCUT2D eigenvalue weighted by atomic mass is 16.5. The van der Waals surface area contributed by atoms with Gasteiger partial charge in [-0.1, -0.05) is 24.3 Å². The minimum atomic E-state index is -0.947. The van der Waals surface area contributed by atoms with Crippen molar-refractivity contribution in [3.8, 4) is 5.75 Å². The number of fused-ring (bicyclic) bond motifs is 1. The number of benzene rings is 2. The molecular formula is C19H18N2O5. The molecule has 3 rings (SSSR count). The van der Waals surface area contributed by atoms with Crippen molar-refractivity contribution in [1.82, 2.24) is 9.55 Å². The average Bonchev–Trinajstić information content (AvgIpc) is 2.96. The number of hydrogen-bond acceptors (Lipinski definition) is 4. The molecule has 134 valence electrons. The van der Waals surface area contributed by atoms with Crippen LogP contribution in [0.5, 0.6) is 5.75 Å². The summed E-state index contributed by atoms with van der Waals surface area (Å²) in [5.74, 6) is -0.638. The van der Waals surface area contributed by atoms with Crippen LogP contribution >= 0.6 is 0 Å². The van der Waals surface area contributed by atoms with Crippen molar-refractivity contribution in [3.05, 3.63) is 59.9 Å². The van der Waals surface area contributed by atoms with E-state index in [0.717, 1.165) is 16.6 Å². The first-order valence-corrected chi connectivity index (χ1v) is 8.12. The van der Waals surface area contributed by atoms with Crippen LogP contribution in [-0.2, 0) is 29.2 Å². The SMILES string of the molecule is O=C(O)CCc1ccc(OCc2nc3ccccc3n2CC(=O)O)cc1. The van der Waals surface area contributed by atoms with E-state index in [4.69, 9.17) is 14.9 Å². The summed E-state index contributed by atoms with van der Waals surface area (Å²) in [4.78, 5) is 26.2. The molecule has 1 aromatic heterocycles. The van der Waals surface area contributed by atoms with Crippen molar-refractivity contribution < 1.29 is 24.5 Å². The Balaban J connectivity index is 1.73. The molecule has 3 aromatic rings. The van der Waals surface area contributed by atoms with Gasteiger partial charge < -0.3 is 19.5 Å². The van der Waals surface area contributed by atoms with E-state index in [-0.39, 0.29) is 19.6 Å². The quantitative estimate of drug-likeness (QED) is 0.645. The van der Waals surface area contributed by atoms with E-state index in [1.165, 1.54) is 0 Å². The summed E-state index contributed by atoms with van der Waals surface area (Å²) in [6.07, 6.45) is 0.545. The Kier molecular flexibility index (Phi) is 5.17. The monoisotopic (exact) mass is 354 g/mol. The van der Waals surface area contributed by atoms with Gasteiger partial charge >= 0.3 is 11.9 Å². The van der Waals surface area contributed by atoms with E-state index in [0.29, 0.717) is 18.0 Å². The Morgan fingerprint density at radius 2 is 1.73 bits per heavy atom. The highest BCUT2D eigenvalue weighted by Crippen LogP contribution is 2.19. The molecule has 7 nitrogen and oxygen atoms in total. The van der Waals surface area contributed by atoms with Crippen LogP contribution < -0.4 is 4.74 Å². The molecule has 0 bridgehead atoms. The van der Waals surface area contributed by atoms with Gasteiger partial charge in [0.15, 0.2) is 0 Å². The van der Waals surface area contributed by atoms with E-state index in [1.54, 1.807) is 16.7 Å². The zero-order valence-electron chi connectivity index (χ0n) is 14.0. The summed E-state index contributed by atoms with van der Waals surface area (Å²) in [5, 5.41) is 17.9. The minimum absolute atomic E-state index is 0.0828. The highest BCUT2D eigenvalue weighted by Gasteiger charge is 2.13. The van der Waals surface area contributed by atoms with Gasteiger partial charge in [-0.2, -0.15) is 0 Å². The molecule has 0 aliphatic rings. The predicted molar refractivity (Wildman–Crippen MR) is 94.1 cm³/mol. The van der Waals surface area contributed by atoms with Gasteiger partial charge in [0, 0.05) is 6.42 Å². The lowest BCUT2D eigenvalue weighted by Gasteiger charge is -2.09. The van der Waals surface area contributed by atoms with Crippen LogP contribution in [0.15, 0.2) is 48.5 Å². The summed E-state index contributed by atoms with van der Waals surface area (Å²) in [6, 6.07) is 14.5. The number of aromatic nitrogens is 2. The van der Waals surface area contributed by atoms with Crippen LogP contribution in [0.25, 0.3) is 11.0 Å². The molecule has 0 amide bonds. The summed E-state index contributed by atoms with van der Waals surface area (Å²) in [6.45, 7) is -0.0518. The second-order valence-electron chi connectivity index (χ2n) is 5.82. The predicted octanol–water partition coefficient (Wildman–Crippen LogP) is 2.72. The average molecular weight is 354 g/mol. The van der Waals surface area contributed by atoms with Crippen molar-refractivity contribution >= 4 is 23.0 Å². The first-order valence-electron chi connectivity index (χ1n) is 8.12. The number of carboxylic acid groups (broad SMARTS) is 2. The lowest BCUT2D eigenvalue weighted by atomic mass is 10.1. The van der Waals surface area contributed by atoms with E-state index in [1.807, 2.05) is 36.4 Å². The summed E-state index contributed by atoms with van der Waals surface area (Å²) in [5.41, 5.74) is 2.38. The van der Waals surface area contributed by atoms with Crippen molar-refractivity contribution in [2.75, 3.05) is 0 Å². The molecule has 0 aliphatic heterocycles. The second kappa shape index (κ2) is 7.69. The topological polar surface area (TPSA) is 102 Å². The first-order chi connectivity index (χ1) is 12.5. The van der Waals surface area contributed by atoms with Crippen molar-refractivity contribution in [2.24, 2.45) is 0 Å². The summed E-state index contributed by atoms with van der Waals surface area (Å²) < 4.78 is 7.36. The number of aryl methyl sites for hydroxylation is 1. The lowest BCUT2D eigenvalue weighted by molar-refractivity contribution is -0.138. The summed E-state index contributed by atoms with van der Waals surface area (Å²) >= 11 is 0. The van der Waals surface area contributed by atoms with Crippen LogP contribution in [0.3, 0.4) is 0 Å². The molecule has 2 N–H and O–H groups in total. The van der Waals surface area contributed by atoms with Gasteiger partial charge in [0.1, 0.15) is 24.7 Å². The molecule has 1 heterocycles. The Morgan fingerprint density at radius 3 is 2.42 bits per heavy atom. The van der Waals surface area contributed by atoms with Gasteiger partial charge in [-0.05, 0) is 36.2 Å². The number of imidazole rings is 1. The lowest BCUT2D eigenvalue weighted by Crippen LogP contribution is -2.13. The first kappa shape index (κ1) is 17.5. The number of ether oxygens (including phenoxy) is 1. The van der Waals surface area contributed by atoms with E-state index in [9.17, 15) is 9.59 Å². The van der Waals surface area contributed by atoms with Crippen LogP contribution in [0.4, 0.5) is 0 Å². The zero-order chi connectivity index (χ0) is 18.5. The fourth-order valence-corrected chi connectivity index (χ4v) is 2.70. The van der Waals surface area contributed by atoms with Gasteiger partial charge in [-0.25, -0.2) is 4.98 Å². The number of rotatable bonds is 8. The molecule has 0 atom stereocenters. The number of hydrogen-bond donors (Lipinski definition) is 2. The fourth-order valence-electron chi connectivity index (χ4n) is 2.70. The molecule has 0 saturated heterocycles. The van der Waals surface area contributed by atoms with E-state index in [2.05, 4.69) is 4.98 Å². The molecule has 0 radical (unpaired) electrons. The molecule has 0 aliphatic carbocycles. The third-order valence-electron chi connectivity index (χ3n) is 3.95. The molecule has 0 spiro atoms. The third-order valence-corrected chi connectivity index (χ3v) is 3.95. The fraction of sp³-hybridized carbons (Fsp3) is 0.211. The molecule has 0 fully saturated rings. The molecule has 26 heavy (non-hydrogen) atoms. The van der Waals surface area contributed by atoms with Crippen LogP contribution in [0.2, 0.25) is 0 Å². The Bertz CT molecular complexity index is 931. The standard InChI is InChI=1S/C19H18N2O5/c22-18(23)10-7-13-5-8-14(9-6-13)26-12-17-20-15-3-1-2-4-16(15)21(17)11-19(24)25/h1-6,8-9H,7,10-12H2,(H,22,23)(H,24,25). The number of carbonyl (C=O) groups is 2. The van der Waals surface area contributed by atoms with Crippen LogP contribution in [0.1, 0.15) is 17.8 Å². The van der Waals surface area contributed by atoms with Crippen LogP contribution in [-0.4, -0.2) is 31.7 Å². The zero-order valence-corrected chi connectivity index (χ0v) is 14.0. The normalized spacial score (nSPS) is 10.8. The Labute approximate surface area is 149 Å². The Hall–Kier alpha value is -3.35. The van der Waals surface area contributed by atoms with Gasteiger partial charge in [0.05, 0.1) is 11.0 Å². The van der Waals surface area contributed by atoms with Crippen molar-refractivity contribution in [1.29, 1.82) is 0 Å². The number of nitrogens with zero attached hydrogens (tertiary/aromatic N) is 2. The third kappa shape index (κ3) is 4.18. The highest BCUT2D eigenvalue weighted by molar-refractivity contribution is 5.78. The largest absolute Gasteiger partial charge is 0.486 e. The maximum absolute atomic E-state index is 11.2. The van der Waals surface area contributed by atoms with Gasteiger partial charge in [-0.3, -0.25) is 9.59 Å². The van der Waals surface area contributed by atoms with Crippen LogP contribution in [0, 0.1) is 0 Å². The number of carboxylic acids is 2. The molecule has 0 saturated carbocycles. The van der Waals surface area contributed by atoms with E-state index >= 15 is 0 Å². The van der Waals surface area contributed by atoms with Gasteiger partial charge in [0.2, 0.25) is 0 Å². The number of aliphatic carboxylic acids is 2. The smallest absolute Gasteiger partial charge is 0.323 e.